The van der Waals surface area contributed by atoms with E-state index in [0.29, 0.717) is 25.9 Å². The highest BCUT2D eigenvalue weighted by Gasteiger charge is 2.20. The molecule has 1 amide bonds. The van der Waals surface area contributed by atoms with Crippen LogP contribution in [0.3, 0.4) is 0 Å². The number of hydrogen-bond donors (Lipinski definition) is 3. The third-order valence-corrected chi connectivity index (χ3v) is 19.6. The van der Waals surface area contributed by atoms with Gasteiger partial charge in [-0.05, 0) is 51.4 Å². The maximum absolute atomic E-state index is 12.6. The lowest BCUT2D eigenvalue weighted by molar-refractivity contribution is -0.143. The number of carbonyl (C=O) groups is 2. The summed E-state index contributed by atoms with van der Waals surface area (Å²) < 4.78 is 5.51. The molecule has 0 radical (unpaired) electrons. The van der Waals surface area contributed by atoms with E-state index < -0.39 is 12.1 Å². The van der Waals surface area contributed by atoms with Crippen LogP contribution < -0.4 is 5.32 Å². The average molecular weight is 1240 g/mol. The summed E-state index contributed by atoms with van der Waals surface area (Å²) >= 11 is 0. The highest BCUT2D eigenvalue weighted by atomic mass is 16.5. The third kappa shape index (κ3) is 73.6. The van der Waals surface area contributed by atoms with Crippen molar-refractivity contribution in [1.82, 2.24) is 5.32 Å². The quantitative estimate of drug-likeness (QED) is 0.0320. The van der Waals surface area contributed by atoms with Gasteiger partial charge in [-0.25, -0.2) is 0 Å². The van der Waals surface area contributed by atoms with Crippen LogP contribution in [-0.4, -0.2) is 47.4 Å². The second-order valence-corrected chi connectivity index (χ2v) is 28.5. The van der Waals surface area contributed by atoms with E-state index in [4.69, 9.17) is 4.74 Å². The molecule has 2 unspecified atom stereocenters. The van der Waals surface area contributed by atoms with E-state index in [-0.39, 0.29) is 18.5 Å². The fraction of sp³-hybridized carbons (Fsp3) is 0.951. The number of unbranched alkanes of at least 4 members (excludes halogenated alkanes) is 65. The second kappa shape index (κ2) is 78.0. The van der Waals surface area contributed by atoms with Crippen LogP contribution in [0.5, 0.6) is 0 Å². The molecule has 0 aliphatic carbocycles. The summed E-state index contributed by atoms with van der Waals surface area (Å²) in [5.74, 6) is -0.00372. The first-order valence-corrected chi connectivity index (χ1v) is 40.9. The van der Waals surface area contributed by atoms with Crippen LogP contribution in [0.2, 0.25) is 0 Å². The van der Waals surface area contributed by atoms with Crippen LogP contribution in [0.4, 0.5) is 0 Å². The van der Waals surface area contributed by atoms with Crippen molar-refractivity contribution in [2.24, 2.45) is 0 Å². The molecule has 0 spiro atoms. The first kappa shape index (κ1) is 86.6. The number of aliphatic hydroxyl groups excluding tert-OH is 2. The Morgan fingerprint density at radius 3 is 0.807 bits per heavy atom. The van der Waals surface area contributed by atoms with Crippen LogP contribution in [0.25, 0.3) is 0 Å². The summed E-state index contributed by atoms with van der Waals surface area (Å²) in [4.78, 5) is 24.7. The molecule has 0 aromatic carbocycles. The van der Waals surface area contributed by atoms with Gasteiger partial charge in [0.2, 0.25) is 5.91 Å². The maximum Gasteiger partial charge on any atom is 0.305 e. The Kier molecular flexibility index (Phi) is 76.8. The largest absolute Gasteiger partial charge is 0.466 e. The van der Waals surface area contributed by atoms with Crippen LogP contribution in [0, 0.1) is 0 Å². The Morgan fingerprint density at radius 2 is 0.534 bits per heavy atom. The SMILES string of the molecule is CCCCCCCC/C=C\CCCCCCCCCC(=O)OCCCCCCCCCCCCCCCCCCCCCCCCCCCCCCCCCCCCCC(=O)NC(CO)C(O)CCCCCCCCCCCCCCCCCCCCC. The molecule has 3 N–H and O–H groups in total. The molecule has 88 heavy (non-hydrogen) atoms. The number of carbonyl (C=O) groups excluding carboxylic acids is 2. The number of hydrogen-bond acceptors (Lipinski definition) is 5. The number of esters is 1. The number of aliphatic hydroxyl groups is 2. The van der Waals surface area contributed by atoms with Crippen molar-refractivity contribution >= 4 is 11.9 Å². The molecule has 524 valence electrons. The first-order valence-electron chi connectivity index (χ1n) is 40.9. The fourth-order valence-electron chi connectivity index (χ4n) is 13.3. The molecule has 0 fully saturated rings. The first-order chi connectivity index (χ1) is 43.5. The van der Waals surface area contributed by atoms with Crippen LogP contribution >= 0.6 is 0 Å². The van der Waals surface area contributed by atoms with Crippen molar-refractivity contribution in [2.75, 3.05) is 13.2 Å². The number of ether oxygens (including phenoxy) is 1. The minimum absolute atomic E-state index is 0.0205. The summed E-state index contributed by atoms with van der Waals surface area (Å²) in [5.41, 5.74) is 0. The second-order valence-electron chi connectivity index (χ2n) is 28.5. The maximum atomic E-state index is 12.6. The van der Waals surface area contributed by atoms with Gasteiger partial charge in [0.05, 0.1) is 25.4 Å². The van der Waals surface area contributed by atoms with E-state index in [0.717, 1.165) is 38.5 Å². The summed E-state index contributed by atoms with van der Waals surface area (Å²) in [5, 5.41) is 23.4. The van der Waals surface area contributed by atoms with Gasteiger partial charge in [0.15, 0.2) is 0 Å². The highest BCUT2D eigenvalue weighted by molar-refractivity contribution is 5.76. The third-order valence-electron chi connectivity index (χ3n) is 19.6. The van der Waals surface area contributed by atoms with Gasteiger partial charge in [0.25, 0.3) is 0 Å². The summed E-state index contributed by atoms with van der Waals surface area (Å²) in [7, 11) is 0. The van der Waals surface area contributed by atoms with Crippen molar-refractivity contribution < 1.29 is 24.5 Å². The zero-order valence-electron chi connectivity index (χ0n) is 60.3. The molecule has 0 aliphatic heterocycles. The van der Waals surface area contributed by atoms with Gasteiger partial charge in [-0.15, -0.1) is 0 Å². The molecule has 6 heteroatoms. The molecule has 0 aromatic rings. The molecule has 0 heterocycles. The zero-order chi connectivity index (χ0) is 63.5. The van der Waals surface area contributed by atoms with Crippen LogP contribution in [-0.2, 0) is 14.3 Å². The molecule has 0 aliphatic rings. The number of allylic oxidation sites excluding steroid dienone is 2. The lowest BCUT2D eigenvalue weighted by atomic mass is 10.0. The van der Waals surface area contributed by atoms with Crippen LogP contribution in [0.1, 0.15) is 476 Å². The molecule has 2 atom stereocenters. The molecule has 0 rings (SSSR count). The van der Waals surface area contributed by atoms with Gasteiger partial charge in [-0.3, -0.25) is 9.59 Å². The average Bonchev–Trinajstić information content (AvgIpc) is 3.58. The molecule has 6 nitrogen and oxygen atoms in total. The number of nitrogens with one attached hydrogen (secondary N) is 1. The lowest BCUT2D eigenvalue weighted by Crippen LogP contribution is -2.45. The van der Waals surface area contributed by atoms with E-state index in [2.05, 4.69) is 31.3 Å². The topological polar surface area (TPSA) is 95.9 Å². The fourth-order valence-corrected chi connectivity index (χ4v) is 13.3. The molecule has 0 bridgehead atoms. The molecular weight excluding hydrogens is 1080 g/mol. The van der Waals surface area contributed by atoms with Crippen molar-refractivity contribution in [3.05, 3.63) is 12.2 Å². The number of amides is 1. The smallest absolute Gasteiger partial charge is 0.305 e. The minimum atomic E-state index is -0.661. The van der Waals surface area contributed by atoms with Gasteiger partial charge in [0, 0.05) is 12.8 Å². The monoisotopic (exact) mass is 1240 g/mol. The molecule has 0 aromatic heterocycles. The predicted octanol–water partition coefficient (Wildman–Crippen LogP) is 27.1. The van der Waals surface area contributed by atoms with E-state index in [1.807, 2.05) is 0 Å². The summed E-state index contributed by atoms with van der Waals surface area (Å²) in [6.07, 6.45) is 98.9. The normalized spacial score (nSPS) is 12.5. The van der Waals surface area contributed by atoms with Gasteiger partial charge in [-0.1, -0.05) is 424 Å². The Hall–Kier alpha value is -1.40. The molecule has 0 saturated heterocycles. The molecule has 0 saturated carbocycles. The standard InChI is InChI=1S/C82H161NO5/c1-3-5-7-9-11-13-15-17-19-21-39-43-46-50-54-58-62-66-70-74-80(85)79(78-84)83-81(86)75-71-67-63-59-55-51-47-44-40-37-35-33-31-29-27-25-23-22-24-26-28-30-32-34-36-38-41-45-49-53-57-61-65-69-73-77-88-82(87)76-72-68-64-60-56-52-48-42-20-18-16-14-12-10-8-6-4-2/h18,20,79-80,84-85H,3-17,19,21-78H2,1-2H3,(H,83,86)/b20-18-. The predicted molar refractivity (Wildman–Crippen MR) is 389 cm³/mol. The van der Waals surface area contributed by atoms with E-state index in [1.54, 1.807) is 0 Å². The zero-order valence-corrected chi connectivity index (χ0v) is 60.3. The molecular formula is C82H161NO5. The summed E-state index contributed by atoms with van der Waals surface area (Å²) in [6, 6.07) is -0.537. The summed E-state index contributed by atoms with van der Waals surface area (Å²) in [6.45, 7) is 5.01. The van der Waals surface area contributed by atoms with E-state index in [9.17, 15) is 19.8 Å². The van der Waals surface area contributed by atoms with Crippen molar-refractivity contribution in [2.45, 2.75) is 488 Å². The van der Waals surface area contributed by atoms with Crippen LogP contribution in [0.15, 0.2) is 12.2 Å². The van der Waals surface area contributed by atoms with Crippen molar-refractivity contribution in [3.63, 3.8) is 0 Å². The van der Waals surface area contributed by atoms with Gasteiger partial charge in [0.1, 0.15) is 0 Å². The Morgan fingerprint density at radius 1 is 0.307 bits per heavy atom. The Labute approximate surface area is 552 Å². The highest BCUT2D eigenvalue weighted by Crippen LogP contribution is 2.21. The van der Waals surface area contributed by atoms with Crippen molar-refractivity contribution in [3.8, 4) is 0 Å². The Balaban J connectivity index is 3.30. The van der Waals surface area contributed by atoms with Gasteiger partial charge < -0.3 is 20.3 Å². The minimum Gasteiger partial charge on any atom is -0.466 e. The van der Waals surface area contributed by atoms with E-state index in [1.165, 1.54) is 405 Å². The Bertz CT molecular complexity index is 1340. The van der Waals surface area contributed by atoms with E-state index >= 15 is 0 Å². The van der Waals surface area contributed by atoms with Gasteiger partial charge >= 0.3 is 5.97 Å². The van der Waals surface area contributed by atoms with Crippen molar-refractivity contribution in [1.29, 1.82) is 0 Å². The number of rotatable bonds is 78. The lowest BCUT2D eigenvalue weighted by Gasteiger charge is -2.22. The van der Waals surface area contributed by atoms with Gasteiger partial charge in [-0.2, -0.15) is 0 Å².